The Kier molecular flexibility index (Phi) is 6.07. The number of benzene rings is 2. The number of imide groups is 1. The minimum atomic E-state index is -0.376. The van der Waals surface area contributed by atoms with Gasteiger partial charge in [0.25, 0.3) is 11.1 Å². The first-order valence-electron chi connectivity index (χ1n) is 7.77. The van der Waals surface area contributed by atoms with Crippen molar-refractivity contribution in [1.82, 2.24) is 4.90 Å². The van der Waals surface area contributed by atoms with Crippen molar-refractivity contribution >= 4 is 52.2 Å². The van der Waals surface area contributed by atoms with Gasteiger partial charge in [-0.15, -0.1) is 0 Å². The maximum Gasteiger partial charge on any atom is 0.293 e. The van der Waals surface area contributed by atoms with E-state index in [0.717, 1.165) is 16.7 Å². The summed E-state index contributed by atoms with van der Waals surface area (Å²) in [6, 6.07) is 13.8. The summed E-state index contributed by atoms with van der Waals surface area (Å²) in [6.45, 7) is 0.0494. The third-order valence-corrected chi connectivity index (χ3v) is 5.30. The van der Waals surface area contributed by atoms with E-state index in [1.807, 2.05) is 6.07 Å². The molecule has 0 saturated carbocycles. The van der Waals surface area contributed by atoms with E-state index < -0.39 is 0 Å². The number of thioether (sulfide) groups is 1. The summed E-state index contributed by atoms with van der Waals surface area (Å²) in [5, 5.41) is 9.00. The molecular formula is C19H12Cl2N2O3S. The van der Waals surface area contributed by atoms with E-state index >= 15 is 0 Å². The first-order valence-corrected chi connectivity index (χ1v) is 9.34. The van der Waals surface area contributed by atoms with Gasteiger partial charge in [0.15, 0.2) is 6.61 Å². The summed E-state index contributed by atoms with van der Waals surface area (Å²) in [4.78, 5) is 26.3. The molecule has 0 spiro atoms. The molecule has 0 atom stereocenters. The molecule has 1 aliphatic heterocycles. The first-order chi connectivity index (χ1) is 13.0. The third-order valence-electron chi connectivity index (χ3n) is 3.66. The molecule has 136 valence electrons. The van der Waals surface area contributed by atoms with Crippen LogP contribution in [0.4, 0.5) is 4.79 Å². The minimum absolute atomic E-state index is 0.0659. The van der Waals surface area contributed by atoms with Gasteiger partial charge in [0, 0.05) is 0 Å². The van der Waals surface area contributed by atoms with Gasteiger partial charge in [-0.25, -0.2) is 0 Å². The van der Waals surface area contributed by atoms with Crippen LogP contribution in [-0.4, -0.2) is 22.7 Å². The standard InChI is InChI=1S/C19H12Cl2N2O3S/c20-15-5-4-13(9-16(15)21)11-23-18(24)17(27-19(23)25)10-12-2-1-3-14(8-12)26-7-6-22/h1-5,8-10H,7,11H2/b17-10-. The molecule has 2 amide bonds. The monoisotopic (exact) mass is 418 g/mol. The number of nitrogens with zero attached hydrogens (tertiary/aromatic N) is 2. The van der Waals surface area contributed by atoms with Gasteiger partial charge in [0.05, 0.1) is 21.5 Å². The van der Waals surface area contributed by atoms with Crippen LogP contribution in [0.15, 0.2) is 47.4 Å². The molecule has 0 aliphatic carbocycles. The molecule has 1 saturated heterocycles. The van der Waals surface area contributed by atoms with E-state index in [4.69, 9.17) is 33.2 Å². The van der Waals surface area contributed by atoms with Gasteiger partial charge in [-0.3, -0.25) is 14.5 Å². The van der Waals surface area contributed by atoms with E-state index in [0.29, 0.717) is 31.8 Å². The second-order valence-electron chi connectivity index (χ2n) is 5.54. The summed E-state index contributed by atoms with van der Waals surface area (Å²) in [5.74, 6) is 0.139. The van der Waals surface area contributed by atoms with Crippen molar-refractivity contribution in [2.24, 2.45) is 0 Å². The van der Waals surface area contributed by atoms with E-state index in [1.165, 1.54) is 0 Å². The highest BCUT2D eigenvalue weighted by molar-refractivity contribution is 8.18. The van der Waals surface area contributed by atoms with Gasteiger partial charge in [0.1, 0.15) is 11.8 Å². The van der Waals surface area contributed by atoms with Crippen LogP contribution in [0.2, 0.25) is 10.0 Å². The van der Waals surface area contributed by atoms with E-state index in [2.05, 4.69) is 0 Å². The molecule has 0 radical (unpaired) electrons. The second kappa shape index (κ2) is 8.49. The lowest BCUT2D eigenvalue weighted by Crippen LogP contribution is -2.27. The molecule has 2 aromatic carbocycles. The van der Waals surface area contributed by atoms with E-state index in [-0.39, 0.29) is 24.3 Å². The fourth-order valence-corrected chi connectivity index (χ4v) is 3.58. The molecule has 0 unspecified atom stereocenters. The number of rotatable bonds is 5. The largest absolute Gasteiger partial charge is 0.479 e. The lowest BCUT2D eigenvalue weighted by Gasteiger charge is -2.12. The molecule has 2 aromatic rings. The topological polar surface area (TPSA) is 70.4 Å². The Morgan fingerprint density at radius 3 is 2.70 bits per heavy atom. The van der Waals surface area contributed by atoms with Crippen LogP contribution in [0.1, 0.15) is 11.1 Å². The van der Waals surface area contributed by atoms with Crippen molar-refractivity contribution in [1.29, 1.82) is 5.26 Å². The maximum absolute atomic E-state index is 12.6. The zero-order chi connectivity index (χ0) is 19.4. The van der Waals surface area contributed by atoms with Gasteiger partial charge in [-0.2, -0.15) is 5.26 Å². The number of nitriles is 1. The normalized spacial score (nSPS) is 15.3. The highest BCUT2D eigenvalue weighted by atomic mass is 35.5. The molecule has 0 bridgehead atoms. The predicted octanol–water partition coefficient (Wildman–Crippen LogP) is 5.13. The Balaban J connectivity index is 1.78. The Hall–Kier alpha value is -2.46. The van der Waals surface area contributed by atoms with Crippen molar-refractivity contribution in [2.45, 2.75) is 6.54 Å². The fraction of sp³-hybridized carbons (Fsp3) is 0.105. The molecule has 1 aliphatic rings. The Morgan fingerprint density at radius 2 is 1.96 bits per heavy atom. The SMILES string of the molecule is N#CCOc1cccc(/C=C2\SC(=O)N(Cc3ccc(Cl)c(Cl)c3)C2=O)c1. The zero-order valence-electron chi connectivity index (χ0n) is 13.8. The van der Waals surface area contributed by atoms with Crippen LogP contribution in [-0.2, 0) is 11.3 Å². The highest BCUT2D eigenvalue weighted by Crippen LogP contribution is 2.34. The second-order valence-corrected chi connectivity index (χ2v) is 7.34. The molecule has 27 heavy (non-hydrogen) atoms. The number of amides is 2. The maximum atomic E-state index is 12.6. The molecule has 0 aromatic heterocycles. The average Bonchev–Trinajstić information content (AvgIpc) is 2.91. The average molecular weight is 419 g/mol. The predicted molar refractivity (Wildman–Crippen MR) is 106 cm³/mol. The quantitative estimate of drug-likeness (QED) is 0.629. The summed E-state index contributed by atoms with van der Waals surface area (Å²) in [7, 11) is 0. The summed E-state index contributed by atoms with van der Waals surface area (Å²) in [6.07, 6.45) is 1.62. The Labute approximate surface area is 170 Å². The molecule has 3 rings (SSSR count). The lowest BCUT2D eigenvalue weighted by atomic mass is 10.2. The number of hydrogen-bond donors (Lipinski definition) is 0. The van der Waals surface area contributed by atoms with Gasteiger partial charge in [-0.1, -0.05) is 41.4 Å². The van der Waals surface area contributed by atoms with Gasteiger partial charge >= 0.3 is 0 Å². The van der Waals surface area contributed by atoms with Crippen LogP contribution >= 0.6 is 35.0 Å². The molecule has 1 heterocycles. The third kappa shape index (κ3) is 4.64. The summed E-state index contributed by atoms with van der Waals surface area (Å²) >= 11 is 12.8. The van der Waals surface area contributed by atoms with E-state index in [1.54, 1.807) is 48.5 Å². The van der Waals surface area contributed by atoms with Crippen molar-refractivity contribution in [3.63, 3.8) is 0 Å². The van der Waals surface area contributed by atoms with Crippen LogP contribution in [0.25, 0.3) is 6.08 Å². The van der Waals surface area contributed by atoms with Crippen molar-refractivity contribution in [3.8, 4) is 11.8 Å². The van der Waals surface area contributed by atoms with Gasteiger partial charge in [0.2, 0.25) is 0 Å². The van der Waals surface area contributed by atoms with Crippen LogP contribution in [0.3, 0.4) is 0 Å². The minimum Gasteiger partial charge on any atom is -0.479 e. The van der Waals surface area contributed by atoms with Crippen LogP contribution < -0.4 is 4.74 Å². The van der Waals surface area contributed by atoms with Crippen LogP contribution in [0, 0.1) is 11.3 Å². The number of carbonyl (C=O) groups excluding carboxylic acids is 2. The number of ether oxygens (including phenoxy) is 1. The number of halogens is 2. The highest BCUT2D eigenvalue weighted by Gasteiger charge is 2.35. The van der Waals surface area contributed by atoms with Gasteiger partial charge in [-0.05, 0) is 53.2 Å². The molecule has 0 N–H and O–H groups in total. The Bertz CT molecular complexity index is 985. The zero-order valence-corrected chi connectivity index (χ0v) is 16.1. The van der Waals surface area contributed by atoms with Crippen molar-refractivity contribution in [2.75, 3.05) is 6.61 Å². The first kappa shape index (κ1) is 19.3. The smallest absolute Gasteiger partial charge is 0.293 e. The molecule has 5 nitrogen and oxygen atoms in total. The van der Waals surface area contributed by atoms with Gasteiger partial charge < -0.3 is 4.74 Å². The molecule has 1 fully saturated rings. The van der Waals surface area contributed by atoms with Crippen LogP contribution in [0.5, 0.6) is 5.75 Å². The lowest BCUT2D eigenvalue weighted by molar-refractivity contribution is -0.123. The Morgan fingerprint density at radius 1 is 1.15 bits per heavy atom. The number of hydrogen-bond acceptors (Lipinski definition) is 5. The number of carbonyl (C=O) groups is 2. The van der Waals surface area contributed by atoms with E-state index in [9.17, 15) is 9.59 Å². The molecular weight excluding hydrogens is 407 g/mol. The summed E-state index contributed by atoms with van der Waals surface area (Å²) < 4.78 is 5.25. The fourth-order valence-electron chi connectivity index (χ4n) is 2.42. The van der Waals surface area contributed by atoms with Crippen molar-refractivity contribution < 1.29 is 14.3 Å². The van der Waals surface area contributed by atoms with Crippen molar-refractivity contribution in [3.05, 3.63) is 68.5 Å². The molecule has 8 heteroatoms. The summed E-state index contributed by atoms with van der Waals surface area (Å²) in [5.41, 5.74) is 1.41.